The summed E-state index contributed by atoms with van der Waals surface area (Å²) in [5.41, 5.74) is 7.32. The normalized spacial score (nSPS) is 15.9. The molecular weight excluding hydrogens is 566 g/mol. The average molecular weight is 608 g/mol. The fraction of sp³-hybridized carbons (Fsp3) is 0.220. The Morgan fingerprint density at radius 1 is 0.652 bits per heavy atom. The van der Waals surface area contributed by atoms with E-state index in [1.807, 2.05) is 84.9 Å². The number of amides is 2. The summed E-state index contributed by atoms with van der Waals surface area (Å²) in [5, 5.41) is 9.80. The molecule has 6 rings (SSSR count). The lowest BCUT2D eigenvalue weighted by molar-refractivity contribution is -0.123. The van der Waals surface area contributed by atoms with Gasteiger partial charge < -0.3 is 16.0 Å². The summed E-state index contributed by atoms with van der Waals surface area (Å²) in [7, 11) is 0. The molecule has 1 aliphatic carbocycles. The zero-order chi connectivity index (χ0) is 31.6. The van der Waals surface area contributed by atoms with E-state index < -0.39 is 6.04 Å². The van der Waals surface area contributed by atoms with Crippen molar-refractivity contribution in [2.45, 2.75) is 50.2 Å². The Balaban J connectivity index is 1.05. The van der Waals surface area contributed by atoms with Crippen LogP contribution in [-0.4, -0.2) is 30.4 Å². The van der Waals surface area contributed by atoms with E-state index in [2.05, 4.69) is 70.5 Å². The molecule has 0 spiro atoms. The molecule has 0 bridgehead atoms. The van der Waals surface area contributed by atoms with E-state index in [1.165, 1.54) is 12.0 Å². The molecule has 232 valence electrons. The lowest BCUT2D eigenvalue weighted by Gasteiger charge is -2.19. The smallest absolute Gasteiger partial charge is 0.251 e. The van der Waals surface area contributed by atoms with Gasteiger partial charge in [0.25, 0.3) is 5.91 Å². The van der Waals surface area contributed by atoms with Gasteiger partial charge in [-0.1, -0.05) is 121 Å². The predicted molar refractivity (Wildman–Crippen MR) is 186 cm³/mol. The SMILES string of the molecule is O=C(N[C@@H](CCCCN[C@@H]1C[C@H]1c1ccccc1)C(=O)NCc1cccc(-c2ccccc2)c1)c1ccc(-c2ccccc2)cc1. The monoisotopic (exact) mass is 607 g/mol. The van der Waals surface area contributed by atoms with E-state index in [4.69, 9.17) is 0 Å². The summed E-state index contributed by atoms with van der Waals surface area (Å²) < 4.78 is 0. The highest BCUT2D eigenvalue weighted by Crippen LogP contribution is 2.40. The van der Waals surface area contributed by atoms with Gasteiger partial charge >= 0.3 is 0 Å². The Kier molecular flexibility index (Phi) is 10.3. The topological polar surface area (TPSA) is 70.2 Å². The fourth-order valence-electron chi connectivity index (χ4n) is 6.01. The third kappa shape index (κ3) is 8.38. The second-order valence-electron chi connectivity index (χ2n) is 12.1. The predicted octanol–water partition coefficient (Wildman–Crippen LogP) is 7.75. The summed E-state index contributed by atoms with van der Waals surface area (Å²) in [6.07, 6.45) is 3.49. The summed E-state index contributed by atoms with van der Waals surface area (Å²) in [5.74, 6) is 0.180. The van der Waals surface area contributed by atoms with Crippen LogP contribution in [0.3, 0.4) is 0 Å². The first kappa shape index (κ1) is 31.0. The van der Waals surface area contributed by atoms with Crippen LogP contribution in [0.1, 0.15) is 53.1 Å². The van der Waals surface area contributed by atoms with Crippen LogP contribution in [0.15, 0.2) is 140 Å². The lowest BCUT2D eigenvalue weighted by Crippen LogP contribution is -2.46. The summed E-state index contributed by atoms with van der Waals surface area (Å²) in [4.78, 5) is 26.9. The highest BCUT2D eigenvalue weighted by atomic mass is 16.2. The van der Waals surface area contributed by atoms with Gasteiger partial charge in [0, 0.05) is 24.1 Å². The summed E-state index contributed by atoms with van der Waals surface area (Å²) in [6, 6.07) is 46.6. The molecule has 1 fully saturated rings. The Morgan fingerprint density at radius 3 is 1.96 bits per heavy atom. The van der Waals surface area contributed by atoms with Crippen molar-refractivity contribution < 1.29 is 9.59 Å². The first-order valence-corrected chi connectivity index (χ1v) is 16.3. The number of carbonyl (C=O) groups is 2. The number of nitrogens with one attached hydrogen (secondary N) is 3. The van der Waals surface area contributed by atoms with Gasteiger partial charge in [-0.15, -0.1) is 0 Å². The molecule has 3 atom stereocenters. The Hall–Kier alpha value is -5.00. The minimum absolute atomic E-state index is 0.168. The Labute approximate surface area is 272 Å². The molecule has 0 aromatic heterocycles. The van der Waals surface area contributed by atoms with Crippen LogP contribution in [0.4, 0.5) is 0 Å². The fourth-order valence-corrected chi connectivity index (χ4v) is 6.01. The molecule has 0 aliphatic heterocycles. The molecule has 5 aromatic carbocycles. The third-order valence-electron chi connectivity index (χ3n) is 8.72. The van der Waals surface area contributed by atoms with Crippen molar-refractivity contribution in [2.24, 2.45) is 0 Å². The maximum atomic E-state index is 13.5. The minimum atomic E-state index is -0.628. The van der Waals surface area contributed by atoms with Gasteiger partial charge in [0.05, 0.1) is 0 Å². The number of unbranched alkanes of at least 4 members (excludes halogenated alkanes) is 1. The zero-order valence-corrected chi connectivity index (χ0v) is 26.1. The van der Waals surface area contributed by atoms with E-state index in [9.17, 15) is 9.59 Å². The Bertz CT molecular complexity index is 1710. The number of rotatable bonds is 14. The number of benzene rings is 5. The zero-order valence-electron chi connectivity index (χ0n) is 26.1. The van der Waals surface area contributed by atoms with Gasteiger partial charge in [-0.3, -0.25) is 9.59 Å². The second kappa shape index (κ2) is 15.3. The van der Waals surface area contributed by atoms with Crippen molar-refractivity contribution >= 4 is 11.8 Å². The van der Waals surface area contributed by atoms with Crippen LogP contribution in [0.5, 0.6) is 0 Å². The molecule has 0 unspecified atom stereocenters. The molecule has 5 heteroatoms. The van der Waals surface area contributed by atoms with E-state index in [-0.39, 0.29) is 11.8 Å². The highest BCUT2D eigenvalue weighted by Gasteiger charge is 2.37. The van der Waals surface area contributed by atoms with Gasteiger partial charge in [0.2, 0.25) is 5.91 Å². The molecule has 3 N–H and O–H groups in total. The maximum Gasteiger partial charge on any atom is 0.251 e. The average Bonchev–Trinajstić information content (AvgIpc) is 3.91. The van der Waals surface area contributed by atoms with Gasteiger partial charge in [-0.25, -0.2) is 0 Å². The van der Waals surface area contributed by atoms with Crippen molar-refractivity contribution in [1.82, 2.24) is 16.0 Å². The van der Waals surface area contributed by atoms with Gasteiger partial charge in [-0.05, 0) is 83.8 Å². The number of hydrogen-bond donors (Lipinski definition) is 3. The highest BCUT2D eigenvalue weighted by molar-refractivity contribution is 5.97. The molecular formula is C41H41N3O2. The van der Waals surface area contributed by atoms with E-state index >= 15 is 0 Å². The largest absolute Gasteiger partial charge is 0.350 e. The van der Waals surface area contributed by atoms with E-state index in [0.29, 0.717) is 30.5 Å². The van der Waals surface area contributed by atoms with Gasteiger partial charge in [-0.2, -0.15) is 0 Å². The van der Waals surface area contributed by atoms with Crippen molar-refractivity contribution in [3.05, 3.63) is 156 Å². The molecule has 0 radical (unpaired) electrons. The first-order valence-electron chi connectivity index (χ1n) is 16.3. The second-order valence-corrected chi connectivity index (χ2v) is 12.1. The molecule has 0 heterocycles. The summed E-state index contributed by atoms with van der Waals surface area (Å²) >= 11 is 0. The molecule has 2 amide bonds. The Morgan fingerprint density at radius 2 is 1.26 bits per heavy atom. The lowest BCUT2D eigenvalue weighted by atomic mass is 10.0. The van der Waals surface area contributed by atoms with Gasteiger partial charge in [0.1, 0.15) is 6.04 Å². The standard InChI is InChI=1S/C41H41N3O2/c45-40(35-24-22-33(23-25-35)31-14-4-1-5-15-31)44-38(21-10-11-26-42-39-28-37(39)34-18-8-3-9-19-34)41(46)43-29-30-13-12-20-36(27-30)32-16-6-2-7-17-32/h1-9,12-20,22-25,27,37-39,42H,10-11,21,26,28-29H2,(H,43,46)(H,44,45)/t37-,38-,39+/m0/s1. The van der Waals surface area contributed by atoms with Crippen molar-refractivity contribution in [3.8, 4) is 22.3 Å². The van der Waals surface area contributed by atoms with Crippen molar-refractivity contribution in [3.63, 3.8) is 0 Å². The molecule has 46 heavy (non-hydrogen) atoms. The van der Waals surface area contributed by atoms with Crippen LogP contribution in [-0.2, 0) is 11.3 Å². The summed E-state index contributed by atoms with van der Waals surface area (Å²) in [6.45, 7) is 1.28. The van der Waals surface area contributed by atoms with Crippen molar-refractivity contribution in [2.75, 3.05) is 6.54 Å². The van der Waals surface area contributed by atoms with Gasteiger partial charge in [0.15, 0.2) is 0 Å². The van der Waals surface area contributed by atoms with Crippen LogP contribution < -0.4 is 16.0 Å². The van der Waals surface area contributed by atoms with Crippen LogP contribution in [0, 0.1) is 0 Å². The van der Waals surface area contributed by atoms with Crippen molar-refractivity contribution in [1.29, 1.82) is 0 Å². The van der Waals surface area contributed by atoms with E-state index in [1.54, 1.807) is 0 Å². The number of carbonyl (C=O) groups excluding carboxylic acids is 2. The van der Waals surface area contributed by atoms with Crippen LogP contribution in [0.2, 0.25) is 0 Å². The van der Waals surface area contributed by atoms with Crippen LogP contribution >= 0.6 is 0 Å². The third-order valence-corrected chi connectivity index (χ3v) is 8.72. The molecule has 1 aliphatic rings. The minimum Gasteiger partial charge on any atom is -0.350 e. The quantitative estimate of drug-likeness (QED) is 0.113. The van der Waals surface area contributed by atoms with Crippen LogP contribution in [0.25, 0.3) is 22.3 Å². The maximum absolute atomic E-state index is 13.5. The number of hydrogen-bond acceptors (Lipinski definition) is 3. The first-order chi connectivity index (χ1) is 22.6. The molecule has 0 saturated heterocycles. The molecule has 5 aromatic rings. The van der Waals surface area contributed by atoms with E-state index in [0.717, 1.165) is 47.2 Å². The molecule has 5 nitrogen and oxygen atoms in total. The molecule has 1 saturated carbocycles.